The van der Waals surface area contributed by atoms with Gasteiger partial charge < -0.3 is 10.4 Å². The van der Waals surface area contributed by atoms with Crippen LogP contribution in [0.4, 0.5) is 4.39 Å². The molecule has 0 aliphatic rings. The predicted octanol–water partition coefficient (Wildman–Crippen LogP) is 2.36. The van der Waals surface area contributed by atoms with Gasteiger partial charge in [-0.1, -0.05) is 26.0 Å². The predicted molar refractivity (Wildman–Crippen MR) is 68.4 cm³/mol. The fourth-order valence-corrected chi connectivity index (χ4v) is 1.90. The fourth-order valence-electron chi connectivity index (χ4n) is 1.90. The summed E-state index contributed by atoms with van der Waals surface area (Å²) < 4.78 is 13.0. The molecule has 0 aliphatic heterocycles. The lowest BCUT2D eigenvalue weighted by atomic mass is 10.0. The molecule has 0 saturated carbocycles. The summed E-state index contributed by atoms with van der Waals surface area (Å²) in [6.45, 7) is 6.33. The van der Waals surface area contributed by atoms with Crippen molar-refractivity contribution in [2.45, 2.75) is 39.3 Å². The van der Waals surface area contributed by atoms with E-state index in [9.17, 15) is 9.50 Å². The van der Waals surface area contributed by atoms with Crippen molar-refractivity contribution in [3.8, 4) is 0 Å². The molecule has 0 heterocycles. The van der Waals surface area contributed by atoms with Gasteiger partial charge in [0.2, 0.25) is 0 Å². The number of aliphatic hydroxyl groups is 1. The number of benzene rings is 1. The van der Waals surface area contributed by atoms with E-state index in [-0.39, 0.29) is 24.5 Å². The van der Waals surface area contributed by atoms with E-state index in [2.05, 4.69) is 26.1 Å². The summed E-state index contributed by atoms with van der Waals surface area (Å²) in [6.07, 6.45) is 0.765. The zero-order valence-corrected chi connectivity index (χ0v) is 10.8. The fraction of sp³-hybridized carbons (Fsp3) is 0.571. The Labute approximate surface area is 103 Å². The van der Waals surface area contributed by atoms with E-state index in [0.717, 1.165) is 12.0 Å². The standard InChI is InChI=1S/C14H22FNO/c1-10(2)14(9-17)16-11(3)7-12-5-4-6-13(15)8-12/h4-6,8,10-11,14,16-17H,7,9H2,1-3H3/t11?,14-/m1/s1. The summed E-state index contributed by atoms with van der Waals surface area (Å²) in [5, 5.41) is 12.6. The van der Waals surface area contributed by atoms with E-state index < -0.39 is 0 Å². The molecule has 17 heavy (non-hydrogen) atoms. The number of halogens is 1. The molecule has 1 aromatic rings. The molecule has 2 atom stereocenters. The summed E-state index contributed by atoms with van der Waals surface area (Å²) in [4.78, 5) is 0. The zero-order chi connectivity index (χ0) is 12.8. The Morgan fingerprint density at radius 1 is 1.29 bits per heavy atom. The number of hydrogen-bond acceptors (Lipinski definition) is 2. The maximum absolute atomic E-state index is 13.0. The summed E-state index contributed by atoms with van der Waals surface area (Å²) in [5.74, 6) is 0.187. The van der Waals surface area contributed by atoms with E-state index in [1.165, 1.54) is 6.07 Å². The first-order chi connectivity index (χ1) is 8.02. The second kappa shape index (κ2) is 6.72. The van der Waals surface area contributed by atoms with Gasteiger partial charge in [0.15, 0.2) is 0 Å². The smallest absolute Gasteiger partial charge is 0.123 e. The van der Waals surface area contributed by atoms with Crippen LogP contribution in [0.15, 0.2) is 24.3 Å². The molecule has 0 aliphatic carbocycles. The Kier molecular flexibility index (Phi) is 5.59. The molecule has 0 amide bonds. The minimum Gasteiger partial charge on any atom is -0.395 e. The number of hydrogen-bond donors (Lipinski definition) is 2. The van der Waals surface area contributed by atoms with E-state index in [1.807, 2.05) is 6.07 Å². The van der Waals surface area contributed by atoms with Crippen molar-refractivity contribution in [1.29, 1.82) is 0 Å². The van der Waals surface area contributed by atoms with Crippen molar-refractivity contribution in [1.82, 2.24) is 5.32 Å². The van der Waals surface area contributed by atoms with Gasteiger partial charge in [-0.3, -0.25) is 0 Å². The van der Waals surface area contributed by atoms with Gasteiger partial charge in [0.25, 0.3) is 0 Å². The Morgan fingerprint density at radius 3 is 2.53 bits per heavy atom. The van der Waals surface area contributed by atoms with Crippen LogP contribution in [0.25, 0.3) is 0 Å². The molecule has 2 nitrogen and oxygen atoms in total. The first-order valence-corrected chi connectivity index (χ1v) is 6.14. The molecule has 0 bridgehead atoms. The molecule has 0 saturated heterocycles. The van der Waals surface area contributed by atoms with Gasteiger partial charge in [-0.05, 0) is 37.0 Å². The van der Waals surface area contributed by atoms with Crippen LogP contribution in [0, 0.1) is 11.7 Å². The average Bonchev–Trinajstić information content (AvgIpc) is 2.25. The lowest BCUT2D eigenvalue weighted by Crippen LogP contribution is -2.43. The third-order valence-corrected chi connectivity index (χ3v) is 2.93. The first kappa shape index (κ1) is 14.1. The van der Waals surface area contributed by atoms with Crippen LogP contribution in [-0.2, 0) is 6.42 Å². The molecule has 1 aromatic carbocycles. The topological polar surface area (TPSA) is 32.3 Å². The molecule has 0 spiro atoms. The Balaban J connectivity index is 2.51. The van der Waals surface area contributed by atoms with Crippen LogP contribution in [0.2, 0.25) is 0 Å². The van der Waals surface area contributed by atoms with Crippen molar-refractivity contribution in [3.05, 3.63) is 35.6 Å². The molecule has 1 unspecified atom stereocenters. The molecule has 2 N–H and O–H groups in total. The monoisotopic (exact) mass is 239 g/mol. The largest absolute Gasteiger partial charge is 0.395 e. The SMILES string of the molecule is CC(Cc1cccc(F)c1)N[C@H](CO)C(C)C. The third-order valence-electron chi connectivity index (χ3n) is 2.93. The van der Waals surface area contributed by atoms with Crippen molar-refractivity contribution < 1.29 is 9.50 Å². The highest BCUT2D eigenvalue weighted by Crippen LogP contribution is 2.08. The lowest BCUT2D eigenvalue weighted by molar-refractivity contribution is 0.201. The molecular weight excluding hydrogens is 217 g/mol. The quantitative estimate of drug-likeness (QED) is 0.798. The van der Waals surface area contributed by atoms with Gasteiger partial charge in [0.1, 0.15) is 5.82 Å². The van der Waals surface area contributed by atoms with E-state index in [1.54, 1.807) is 12.1 Å². The Morgan fingerprint density at radius 2 is 2.00 bits per heavy atom. The van der Waals surface area contributed by atoms with Crippen molar-refractivity contribution in [3.63, 3.8) is 0 Å². The summed E-state index contributed by atoms with van der Waals surface area (Å²) >= 11 is 0. The van der Waals surface area contributed by atoms with Gasteiger partial charge in [-0.15, -0.1) is 0 Å². The van der Waals surface area contributed by atoms with Gasteiger partial charge in [0, 0.05) is 12.1 Å². The van der Waals surface area contributed by atoms with Crippen LogP contribution in [0.1, 0.15) is 26.3 Å². The first-order valence-electron chi connectivity index (χ1n) is 6.14. The zero-order valence-electron chi connectivity index (χ0n) is 10.8. The second-order valence-corrected chi connectivity index (χ2v) is 4.93. The van der Waals surface area contributed by atoms with Crippen LogP contribution in [0.3, 0.4) is 0 Å². The highest BCUT2D eigenvalue weighted by atomic mass is 19.1. The normalized spacial score (nSPS) is 14.9. The van der Waals surface area contributed by atoms with Crippen LogP contribution in [-0.4, -0.2) is 23.8 Å². The summed E-state index contributed by atoms with van der Waals surface area (Å²) in [6, 6.07) is 6.97. The summed E-state index contributed by atoms with van der Waals surface area (Å²) in [5.41, 5.74) is 0.977. The van der Waals surface area contributed by atoms with Crippen LogP contribution < -0.4 is 5.32 Å². The Hall–Kier alpha value is -0.930. The molecular formula is C14H22FNO. The minimum absolute atomic E-state index is 0.0959. The molecule has 3 heteroatoms. The van der Waals surface area contributed by atoms with Crippen LogP contribution in [0.5, 0.6) is 0 Å². The number of rotatable bonds is 6. The molecule has 0 fully saturated rings. The van der Waals surface area contributed by atoms with Crippen molar-refractivity contribution in [2.75, 3.05) is 6.61 Å². The molecule has 96 valence electrons. The average molecular weight is 239 g/mol. The van der Waals surface area contributed by atoms with E-state index >= 15 is 0 Å². The third kappa shape index (κ3) is 4.84. The van der Waals surface area contributed by atoms with Crippen molar-refractivity contribution in [2.24, 2.45) is 5.92 Å². The van der Waals surface area contributed by atoms with Crippen LogP contribution >= 0.6 is 0 Å². The van der Waals surface area contributed by atoms with E-state index in [4.69, 9.17) is 0 Å². The number of nitrogens with one attached hydrogen (secondary N) is 1. The molecule has 0 aromatic heterocycles. The number of aliphatic hydroxyl groups excluding tert-OH is 1. The maximum atomic E-state index is 13.0. The van der Waals surface area contributed by atoms with Gasteiger partial charge in [0.05, 0.1) is 6.61 Å². The molecule has 1 rings (SSSR count). The summed E-state index contributed by atoms with van der Waals surface area (Å²) in [7, 11) is 0. The van der Waals surface area contributed by atoms with Crippen molar-refractivity contribution >= 4 is 0 Å². The molecule has 0 radical (unpaired) electrons. The minimum atomic E-state index is -0.197. The second-order valence-electron chi connectivity index (χ2n) is 4.93. The highest BCUT2D eigenvalue weighted by Gasteiger charge is 2.14. The maximum Gasteiger partial charge on any atom is 0.123 e. The van der Waals surface area contributed by atoms with Gasteiger partial charge in [-0.25, -0.2) is 4.39 Å². The lowest BCUT2D eigenvalue weighted by Gasteiger charge is -2.24. The van der Waals surface area contributed by atoms with E-state index in [0.29, 0.717) is 5.92 Å². The highest BCUT2D eigenvalue weighted by molar-refractivity contribution is 5.17. The Bertz CT molecular complexity index is 341. The van der Waals surface area contributed by atoms with Gasteiger partial charge in [-0.2, -0.15) is 0 Å². The van der Waals surface area contributed by atoms with Gasteiger partial charge >= 0.3 is 0 Å².